The lowest BCUT2D eigenvalue weighted by atomic mass is 9.73. The number of aryl methyl sites for hydroxylation is 1. The molecule has 1 aliphatic carbocycles. The highest BCUT2D eigenvalue weighted by Crippen LogP contribution is 2.35. The third kappa shape index (κ3) is 2.97. The van der Waals surface area contributed by atoms with E-state index in [-0.39, 0.29) is 11.1 Å². The van der Waals surface area contributed by atoms with E-state index in [9.17, 15) is 4.79 Å². The third-order valence-corrected chi connectivity index (χ3v) is 4.32. The standard InChI is InChI=1S/C14H24N4O/c1-3-11-16-12(8-13(19)17-11)18-14(9-15)7-5-4-6-10(14)2/h8,10H,3-7,9,15H2,1-2H3,(H2,16,17,18,19). The zero-order chi connectivity index (χ0) is 13.9. The molecule has 2 atom stereocenters. The summed E-state index contributed by atoms with van der Waals surface area (Å²) < 4.78 is 0. The SMILES string of the molecule is CCc1nc(NC2(CN)CCCCC2C)cc(=O)[nH]1. The van der Waals surface area contributed by atoms with Gasteiger partial charge in [0, 0.05) is 19.0 Å². The first-order chi connectivity index (χ1) is 9.09. The summed E-state index contributed by atoms with van der Waals surface area (Å²) in [6.07, 6.45) is 5.37. The highest BCUT2D eigenvalue weighted by atomic mass is 16.1. The predicted molar refractivity (Wildman–Crippen MR) is 77.3 cm³/mol. The van der Waals surface area contributed by atoms with Gasteiger partial charge in [-0.25, -0.2) is 4.98 Å². The predicted octanol–water partition coefficient (Wildman–Crippen LogP) is 1.65. The molecule has 5 nitrogen and oxygen atoms in total. The van der Waals surface area contributed by atoms with Gasteiger partial charge in [0.15, 0.2) is 0 Å². The van der Waals surface area contributed by atoms with E-state index in [4.69, 9.17) is 5.73 Å². The molecule has 4 N–H and O–H groups in total. The number of nitrogens with one attached hydrogen (secondary N) is 2. The molecule has 106 valence electrons. The Balaban J connectivity index is 2.27. The number of anilines is 1. The maximum atomic E-state index is 11.6. The summed E-state index contributed by atoms with van der Waals surface area (Å²) in [5.74, 6) is 1.86. The Labute approximate surface area is 114 Å². The summed E-state index contributed by atoms with van der Waals surface area (Å²) in [4.78, 5) is 18.8. The van der Waals surface area contributed by atoms with Gasteiger partial charge in [-0.3, -0.25) is 4.79 Å². The second-order valence-electron chi connectivity index (χ2n) is 5.56. The average molecular weight is 264 g/mol. The van der Waals surface area contributed by atoms with E-state index in [1.807, 2.05) is 6.92 Å². The van der Waals surface area contributed by atoms with Gasteiger partial charge in [-0.2, -0.15) is 0 Å². The highest BCUT2D eigenvalue weighted by Gasteiger charge is 2.37. The van der Waals surface area contributed by atoms with E-state index in [1.54, 1.807) is 0 Å². The van der Waals surface area contributed by atoms with Crippen molar-refractivity contribution < 1.29 is 0 Å². The number of hydrogen-bond acceptors (Lipinski definition) is 4. The molecule has 1 aliphatic rings. The van der Waals surface area contributed by atoms with Crippen LogP contribution in [0.25, 0.3) is 0 Å². The number of nitrogens with two attached hydrogens (primary N) is 1. The lowest BCUT2D eigenvalue weighted by molar-refractivity contribution is 0.235. The fraction of sp³-hybridized carbons (Fsp3) is 0.714. The molecule has 0 bridgehead atoms. The van der Waals surface area contributed by atoms with E-state index < -0.39 is 0 Å². The van der Waals surface area contributed by atoms with Crippen LogP contribution in [0.15, 0.2) is 10.9 Å². The van der Waals surface area contributed by atoms with Gasteiger partial charge >= 0.3 is 0 Å². The quantitative estimate of drug-likeness (QED) is 0.772. The van der Waals surface area contributed by atoms with Crippen molar-refractivity contribution in [3.8, 4) is 0 Å². The van der Waals surface area contributed by atoms with E-state index in [0.29, 0.717) is 24.1 Å². The molecule has 0 amide bonds. The van der Waals surface area contributed by atoms with Crippen molar-refractivity contribution in [3.63, 3.8) is 0 Å². The second-order valence-corrected chi connectivity index (χ2v) is 5.56. The molecular weight excluding hydrogens is 240 g/mol. The molecule has 1 aromatic heterocycles. The number of nitrogens with zero attached hydrogens (tertiary/aromatic N) is 1. The fourth-order valence-electron chi connectivity index (χ4n) is 2.95. The molecule has 1 fully saturated rings. The first-order valence-corrected chi connectivity index (χ1v) is 7.18. The fourth-order valence-corrected chi connectivity index (χ4v) is 2.95. The summed E-state index contributed by atoms with van der Waals surface area (Å²) in [6, 6.07) is 1.53. The van der Waals surface area contributed by atoms with Crippen molar-refractivity contribution in [2.75, 3.05) is 11.9 Å². The first-order valence-electron chi connectivity index (χ1n) is 7.18. The zero-order valence-electron chi connectivity index (χ0n) is 11.8. The lowest BCUT2D eigenvalue weighted by Crippen LogP contribution is -2.52. The van der Waals surface area contributed by atoms with Crippen LogP contribution in [-0.4, -0.2) is 22.1 Å². The van der Waals surface area contributed by atoms with E-state index >= 15 is 0 Å². The van der Waals surface area contributed by atoms with Gasteiger partial charge in [0.1, 0.15) is 11.6 Å². The largest absolute Gasteiger partial charge is 0.363 e. The van der Waals surface area contributed by atoms with Crippen molar-refractivity contribution >= 4 is 5.82 Å². The van der Waals surface area contributed by atoms with Crippen molar-refractivity contribution in [1.29, 1.82) is 0 Å². The van der Waals surface area contributed by atoms with Crippen LogP contribution in [0, 0.1) is 5.92 Å². The van der Waals surface area contributed by atoms with Crippen molar-refractivity contribution in [3.05, 3.63) is 22.2 Å². The van der Waals surface area contributed by atoms with Crippen LogP contribution in [0.4, 0.5) is 5.82 Å². The molecule has 0 aromatic carbocycles. The van der Waals surface area contributed by atoms with Crippen LogP contribution in [0.3, 0.4) is 0 Å². The smallest absolute Gasteiger partial charge is 0.252 e. The Kier molecular flexibility index (Phi) is 4.24. The van der Waals surface area contributed by atoms with Crippen LogP contribution in [0.2, 0.25) is 0 Å². The topological polar surface area (TPSA) is 83.8 Å². The zero-order valence-corrected chi connectivity index (χ0v) is 11.8. The minimum Gasteiger partial charge on any atom is -0.363 e. The summed E-state index contributed by atoms with van der Waals surface area (Å²) in [6.45, 7) is 4.78. The molecule has 19 heavy (non-hydrogen) atoms. The Morgan fingerprint density at radius 2 is 2.37 bits per heavy atom. The Morgan fingerprint density at radius 3 is 3.00 bits per heavy atom. The number of H-pyrrole nitrogens is 1. The third-order valence-electron chi connectivity index (χ3n) is 4.32. The van der Waals surface area contributed by atoms with E-state index in [0.717, 1.165) is 12.8 Å². The van der Waals surface area contributed by atoms with Gasteiger partial charge in [0.2, 0.25) is 0 Å². The molecule has 1 aromatic rings. The summed E-state index contributed by atoms with van der Waals surface area (Å²) in [7, 11) is 0. The lowest BCUT2D eigenvalue weighted by Gasteiger charge is -2.43. The average Bonchev–Trinajstić information content (AvgIpc) is 2.41. The van der Waals surface area contributed by atoms with Gasteiger partial charge in [-0.1, -0.05) is 26.7 Å². The summed E-state index contributed by atoms with van der Waals surface area (Å²) in [5.41, 5.74) is 5.78. The van der Waals surface area contributed by atoms with Gasteiger partial charge in [0.25, 0.3) is 5.56 Å². The molecule has 0 radical (unpaired) electrons. The molecular formula is C14H24N4O. The maximum absolute atomic E-state index is 11.6. The van der Waals surface area contributed by atoms with Gasteiger partial charge in [-0.05, 0) is 18.8 Å². The second kappa shape index (κ2) is 5.74. The minimum absolute atomic E-state index is 0.106. The number of aromatic amines is 1. The molecule has 2 unspecified atom stereocenters. The van der Waals surface area contributed by atoms with Crippen LogP contribution in [0.5, 0.6) is 0 Å². The van der Waals surface area contributed by atoms with Crippen molar-refractivity contribution in [1.82, 2.24) is 9.97 Å². The highest BCUT2D eigenvalue weighted by molar-refractivity contribution is 5.38. The van der Waals surface area contributed by atoms with Crippen LogP contribution < -0.4 is 16.6 Å². The maximum Gasteiger partial charge on any atom is 0.252 e. The first kappa shape index (κ1) is 14.1. The van der Waals surface area contributed by atoms with Crippen molar-refractivity contribution in [2.45, 2.75) is 51.5 Å². The molecule has 2 rings (SSSR count). The molecule has 5 heteroatoms. The number of aromatic nitrogens is 2. The van der Waals surface area contributed by atoms with Gasteiger partial charge in [-0.15, -0.1) is 0 Å². The van der Waals surface area contributed by atoms with Crippen LogP contribution in [0.1, 0.15) is 45.4 Å². The Morgan fingerprint density at radius 1 is 1.58 bits per heavy atom. The normalized spacial score (nSPS) is 27.2. The molecule has 1 saturated carbocycles. The Hall–Kier alpha value is -1.36. The molecule has 1 heterocycles. The van der Waals surface area contributed by atoms with Crippen LogP contribution in [-0.2, 0) is 6.42 Å². The summed E-state index contributed by atoms with van der Waals surface area (Å²) >= 11 is 0. The monoisotopic (exact) mass is 264 g/mol. The Bertz CT molecular complexity index is 485. The molecule has 0 saturated heterocycles. The number of hydrogen-bond donors (Lipinski definition) is 3. The van der Waals surface area contributed by atoms with E-state index in [1.165, 1.54) is 25.3 Å². The molecule has 0 spiro atoms. The summed E-state index contributed by atoms with van der Waals surface area (Å²) in [5, 5.41) is 3.45. The minimum atomic E-state index is -0.121. The molecule has 0 aliphatic heterocycles. The number of rotatable bonds is 4. The van der Waals surface area contributed by atoms with Crippen molar-refractivity contribution in [2.24, 2.45) is 11.7 Å². The van der Waals surface area contributed by atoms with Gasteiger partial charge < -0.3 is 16.0 Å². The van der Waals surface area contributed by atoms with E-state index in [2.05, 4.69) is 22.2 Å². The van der Waals surface area contributed by atoms with Gasteiger partial charge in [0.05, 0.1) is 5.54 Å². The van der Waals surface area contributed by atoms with Crippen LogP contribution >= 0.6 is 0 Å².